The Bertz CT molecular complexity index is 751. The molecular weight excluding hydrogens is 280 g/mol. The summed E-state index contributed by atoms with van der Waals surface area (Å²) < 4.78 is 6.39. The first-order valence-electron chi connectivity index (χ1n) is 6.97. The highest BCUT2D eigenvalue weighted by molar-refractivity contribution is 7.22. The van der Waals surface area contributed by atoms with Gasteiger partial charge in [0.05, 0.1) is 16.8 Å². The highest BCUT2D eigenvalue weighted by Crippen LogP contribution is 2.30. The Kier molecular flexibility index (Phi) is 4.18. The van der Waals surface area contributed by atoms with Crippen LogP contribution in [0.5, 0.6) is 0 Å². The summed E-state index contributed by atoms with van der Waals surface area (Å²) in [6.07, 6.45) is 0.893. The number of thiazole rings is 1. The number of benzene rings is 2. The molecule has 0 aliphatic carbocycles. The van der Waals surface area contributed by atoms with Crippen LogP contribution in [0.3, 0.4) is 0 Å². The molecule has 4 heteroatoms. The summed E-state index contributed by atoms with van der Waals surface area (Å²) in [4.78, 5) is 4.65. The van der Waals surface area contributed by atoms with Gasteiger partial charge in [-0.25, -0.2) is 4.98 Å². The van der Waals surface area contributed by atoms with Crippen molar-refractivity contribution in [3.05, 3.63) is 53.6 Å². The first-order valence-corrected chi connectivity index (χ1v) is 7.79. The molecule has 3 rings (SSSR count). The maximum absolute atomic E-state index is 5.17. The fourth-order valence-corrected chi connectivity index (χ4v) is 3.25. The number of nitrogens with zero attached hydrogens (tertiary/aromatic N) is 1. The minimum absolute atomic E-state index is 0.720. The summed E-state index contributed by atoms with van der Waals surface area (Å²) in [6, 6.07) is 14.6. The zero-order valence-electron chi connectivity index (χ0n) is 12.2. The van der Waals surface area contributed by atoms with Crippen molar-refractivity contribution < 1.29 is 4.74 Å². The molecule has 3 aromatic rings. The average molecular weight is 298 g/mol. The largest absolute Gasteiger partial charge is 0.384 e. The number of nitrogens with one attached hydrogen (secondary N) is 1. The Labute approximate surface area is 128 Å². The molecule has 108 valence electrons. The molecule has 0 spiro atoms. The molecule has 1 N–H and O–H groups in total. The molecule has 3 nitrogen and oxygen atoms in total. The lowest BCUT2D eigenvalue weighted by molar-refractivity contribution is 0.202. The van der Waals surface area contributed by atoms with Crippen LogP contribution in [0.2, 0.25) is 0 Å². The molecule has 0 aliphatic rings. The highest BCUT2D eigenvalue weighted by Gasteiger charge is 2.07. The van der Waals surface area contributed by atoms with Gasteiger partial charge in [-0.3, -0.25) is 0 Å². The second-order valence-corrected chi connectivity index (χ2v) is 6.05. The van der Waals surface area contributed by atoms with Gasteiger partial charge in [0.1, 0.15) is 0 Å². The second-order valence-electron chi connectivity index (χ2n) is 5.02. The first-order chi connectivity index (χ1) is 10.3. The van der Waals surface area contributed by atoms with Gasteiger partial charge in [-0.2, -0.15) is 0 Å². The van der Waals surface area contributed by atoms with E-state index in [4.69, 9.17) is 4.74 Å². The molecule has 0 fully saturated rings. The summed E-state index contributed by atoms with van der Waals surface area (Å²) in [5.74, 6) is 0. The Balaban J connectivity index is 1.87. The number of para-hydroxylation sites is 1. The molecule has 0 aliphatic heterocycles. The van der Waals surface area contributed by atoms with Crippen LogP contribution in [0.1, 0.15) is 11.1 Å². The second kappa shape index (κ2) is 6.24. The number of fused-ring (bicyclic) bond motifs is 1. The third-order valence-corrected chi connectivity index (χ3v) is 4.31. The van der Waals surface area contributed by atoms with Gasteiger partial charge >= 0.3 is 0 Å². The molecule has 1 heterocycles. The van der Waals surface area contributed by atoms with Crippen molar-refractivity contribution in [3.8, 4) is 0 Å². The van der Waals surface area contributed by atoms with Crippen molar-refractivity contribution in [1.82, 2.24) is 4.98 Å². The van der Waals surface area contributed by atoms with Crippen LogP contribution in [0.4, 0.5) is 10.8 Å². The van der Waals surface area contributed by atoms with Crippen molar-refractivity contribution in [2.24, 2.45) is 0 Å². The Morgan fingerprint density at radius 2 is 2.05 bits per heavy atom. The van der Waals surface area contributed by atoms with Gasteiger partial charge in [-0.05, 0) is 42.7 Å². The number of hydrogen-bond donors (Lipinski definition) is 1. The lowest BCUT2D eigenvalue weighted by Crippen LogP contribution is -1.99. The maximum Gasteiger partial charge on any atom is 0.188 e. The number of hydrogen-bond acceptors (Lipinski definition) is 4. The minimum Gasteiger partial charge on any atom is -0.384 e. The molecule has 2 aromatic carbocycles. The zero-order valence-corrected chi connectivity index (χ0v) is 13.0. The van der Waals surface area contributed by atoms with E-state index in [1.807, 2.05) is 6.07 Å². The third-order valence-electron chi connectivity index (χ3n) is 3.38. The van der Waals surface area contributed by atoms with E-state index in [1.54, 1.807) is 18.4 Å². The van der Waals surface area contributed by atoms with Crippen LogP contribution in [-0.4, -0.2) is 18.7 Å². The summed E-state index contributed by atoms with van der Waals surface area (Å²) in [6.45, 7) is 2.82. The van der Waals surface area contributed by atoms with Gasteiger partial charge in [0.25, 0.3) is 0 Å². The predicted molar refractivity (Wildman–Crippen MR) is 89.7 cm³/mol. The summed E-state index contributed by atoms with van der Waals surface area (Å²) in [5, 5.41) is 4.37. The summed E-state index contributed by atoms with van der Waals surface area (Å²) in [5.41, 5.74) is 4.65. The molecule has 0 amide bonds. The lowest BCUT2D eigenvalue weighted by atomic mass is 10.1. The van der Waals surface area contributed by atoms with E-state index in [-0.39, 0.29) is 0 Å². The molecule has 0 radical (unpaired) electrons. The Hall–Kier alpha value is -1.91. The topological polar surface area (TPSA) is 34.1 Å². The predicted octanol–water partition coefficient (Wildman–Crippen LogP) is 4.54. The molecule has 1 aromatic heterocycles. The van der Waals surface area contributed by atoms with Gasteiger partial charge in [-0.15, -0.1) is 0 Å². The van der Waals surface area contributed by atoms with Gasteiger partial charge < -0.3 is 10.1 Å². The fourth-order valence-electron chi connectivity index (χ4n) is 2.27. The van der Waals surface area contributed by atoms with Crippen LogP contribution in [0.15, 0.2) is 42.5 Å². The van der Waals surface area contributed by atoms with Crippen LogP contribution in [0, 0.1) is 6.92 Å². The number of rotatable bonds is 5. The Morgan fingerprint density at radius 1 is 1.19 bits per heavy atom. The third kappa shape index (κ3) is 3.23. The van der Waals surface area contributed by atoms with E-state index in [1.165, 1.54) is 15.8 Å². The van der Waals surface area contributed by atoms with E-state index in [0.717, 1.165) is 29.4 Å². The molecule has 0 saturated heterocycles. The summed E-state index contributed by atoms with van der Waals surface area (Å²) >= 11 is 1.69. The van der Waals surface area contributed by atoms with Gasteiger partial charge in [0, 0.05) is 12.8 Å². The van der Waals surface area contributed by atoms with E-state index in [9.17, 15) is 0 Å². The van der Waals surface area contributed by atoms with Gasteiger partial charge in [-0.1, -0.05) is 35.6 Å². The van der Waals surface area contributed by atoms with Gasteiger partial charge in [0.15, 0.2) is 5.13 Å². The average Bonchev–Trinajstić information content (AvgIpc) is 2.87. The Morgan fingerprint density at radius 3 is 2.90 bits per heavy atom. The SMILES string of the molecule is COCCc1ccccc1Nc1nc2ccc(C)cc2s1. The number of methoxy groups -OCH3 is 1. The lowest BCUT2D eigenvalue weighted by Gasteiger charge is -2.09. The smallest absolute Gasteiger partial charge is 0.188 e. The standard InChI is InChI=1S/C17H18N2OS/c1-12-7-8-15-16(11-12)21-17(19-15)18-14-6-4-3-5-13(14)9-10-20-2/h3-8,11H,9-10H2,1-2H3,(H,18,19). The van der Waals surface area contributed by atoms with Gasteiger partial charge in [0.2, 0.25) is 0 Å². The molecule has 0 bridgehead atoms. The van der Waals surface area contributed by atoms with Crippen molar-refractivity contribution in [2.75, 3.05) is 19.0 Å². The van der Waals surface area contributed by atoms with E-state index < -0.39 is 0 Å². The van der Waals surface area contributed by atoms with Crippen molar-refractivity contribution >= 4 is 32.4 Å². The zero-order chi connectivity index (χ0) is 14.7. The van der Waals surface area contributed by atoms with E-state index in [0.29, 0.717) is 0 Å². The van der Waals surface area contributed by atoms with E-state index >= 15 is 0 Å². The molecule has 21 heavy (non-hydrogen) atoms. The molecule has 0 unspecified atom stereocenters. The first kappa shape index (κ1) is 14.0. The number of aromatic nitrogens is 1. The number of anilines is 2. The molecule has 0 atom stereocenters. The fraction of sp³-hybridized carbons (Fsp3) is 0.235. The highest BCUT2D eigenvalue weighted by atomic mass is 32.1. The normalized spacial score (nSPS) is 11.0. The molecular formula is C17H18N2OS. The maximum atomic E-state index is 5.17. The van der Waals surface area contributed by atoms with Crippen molar-refractivity contribution in [1.29, 1.82) is 0 Å². The quantitative estimate of drug-likeness (QED) is 0.751. The van der Waals surface area contributed by atoms with Crippen molar-refractivity contribution in [3.63, 3.8) is 0 Å². The van der Waals surface area contributed by atoms with Crippen LogP contribution in [-0.2, 0) is 11.2 Å². The monoisotopic (exact) mass is 298 g/mol. The number of aryl methyl sites for hydroxylation is 1. The van der Waals surface area contributed by atoms with Crippen molar-refractivity contribution in [2.45, 2.75) is 13.3 Å². The summed E-state index contributed by atoms with van der Waals surface area (Å²) in [7, 11) is 1.73. The van der Waals surface area contributed by atoms with Crippen LogP contribution in [0.25, 0.3) is 10.2 Å². The number of ether oxygens (including phenoxy) is 1. The van der Waals surface area contributed by atoms with Crippen LogP contribution >= 0.6 is 11.3 Å². The minimum atomic E-state index is 0.720. The molecule has 0 saturated carbocycles. The van der Waals surface area contributed by atoms with Crippen LogP contribution < -0.4 is 5.32 Å². The van der Waals surface area contributed by atoms with E-state index in [2.05, 4.69) is 53.6 Å².